The van der Waals surface area contributed by atoms with Crippen LogP contribution in [0.15, 0.2) is 54.7 Å². The number of aromatic amines is 1. The lowest BCUT2D eigenvalue weighted by Gasteiger charge is -2.17. The van der Waals surface area contributed by atoms with Gasteiger partial charge in [0.1, 0.15) is 6.04 Å². The van der Waals surface area contributed by atoms with Crippen LogP contribution in [0.4, 0.5) is 11.4 Å². The second kappa shape index (κ2) is 5.69. The molecule has 1 aliphatic heterocycles. The quantitative estimate of drug-likeness (QED) is 0.717. The number of rotatable bonds is 3. The number of aromatic nitrogens is 1. The standard InChI is InChI=1S/C18H14ClN3O2/c19-13-3-1-2-4-16(13)22-17(23)10-15(18(22)24)21-12-6-5-11-7-8-20-14(11)9-12/h1-9,15,20-21H,10H2/t15-/m1/s1. The van der Waals surface area contributed by atoms with Crippen LogP contribution in [0.25, 0.3) is 10.9 Å². The Labute approximate surface area is 143 Å². The van der Waals surface area contributed by atoms with Crippen molar-refractivity contribution in [3.8, 4) is 0 Å². The van der Waals surface area contributed by atoms with Crippen molar-refractivity contribution in [3.63, 3.8) is 0 Å². The van der Waals surface area contributed by atoms with Gasteiger partial charge in [-0.2, -0.15) is 0 Å². The average Bonchev–Trinajstić information content (AvgIpc) is 3.13. The van der Waals surface area contributed by atoms with E-state index >= 15 is 0 Å². The van der Waals surface area contributed by atoms with Crippen molar-refractivity contribution in [3.05, 3.63) is 59.8 Å². The number of amides is 2. The summed E-state index contributed by atoms with van der Waals surface area (Å²) in [5.74, 6) is -0.550. The van der Waals surface area contributed by atoms with Crippen molar-refractivity contribution in [2.75, 3.05) is 10.2 Å². The molecule has 3 aromatic rings. The molecule has 1 aromatic heterocycles. The zero-order valence-corrected chi connectivity index (χ0v) is 13.4. The van der Waals surface area contributed by atoms with Gasteiger partial charge >= 0.3 is 0 Å². The third-order valence-electron chi connectivity index (χ3n) is 4.14. The molecule has 0 radical (unpaired) electrons. The molecule has 6 heteroatoms. The van der Waals surface area contributed by atoms with Crippen LogP contribution in [0.3, 0.4) is 0 Å². The fourth-order valence-corrected chi connectivity index (χ4v) is 3.19. The van der Waals surface area contributed by atoms with E-state index in [1.54, 1.807) is 24.3 Å². The van der Waals surface area contributed by atoms with Crippen LogP contribution in [0.5, 0.6) is 0 Å². The van der Waals surface area contributed by atoms with Gasteiger partial charge in [-0.05, 0) is 35.7 Å². The summed E-state index contributed by atoms with van der Waals surface area (Å²) in [5, 5.41) is 4.62. The Balaban J connectivity index is 1.60. The number of anilines is 2. The molecule has 5 nitrogen and oxygen atoms in total. The molecule has 2 amide bonds. The summed E-state index contributed by atoms with van der Waals surface area (Å²) in [6, 6.07) is 14.0. The van der Waals surface area contributed by atoms with Gasteiger partial charge in [-0.15, -0.1) is 0 Å². The number of nitrogens with zero attached hydrogens (tertiary/aromatic N) is 1. The van der Waals surface area contributed by atoms with Crippen molar-refractivity contribution in [2.45, 2.75) is 12.5 Å². The smallest absolute Gasteiger partial charge is 0.256 e. The van der Waals surface area contributed by atoms with Gasteiger partial charge in [-0.1, -0.05) is 29.8 Å². The molecule has 2 heterocycles. The number of hydrogen-bond acceptors (Lipinski definition) is 3. The van der Waals surface area contributed by atoms with Crippen LogP contribution in [-0.4, -0.2) is 22.8 Å². The van der Waals surface area contributed by atoms with Crippen molar-refractivity contribution < 1.29 is 9.59 Å². The predicted molar refractivity (Wildman–Crippen MR) is 94.3 cm³/mol. The first-order chi connectivity index (χ1) is 11.6. The van der Waals surface area contributed by atoms with Crippen molar-refractivity contribution >= 4 is 45.7 Å². The van der Waals surface area contributed by atoms with E-state index in [-0.39, 0.29) is 18.2 Å². The first-order valence-electron chi connectivity index (χ1n) is 7.58. The highest BCUT2D eigenvalue weighted by atomic mass is 35.5. The second-order valence-corrected chi connectivity index (χ2v) is 6.11. The van der Waals surface area contributed by atoms with Gasteiger partial charge in [0.2, 0.25) is 5.91 Å². The van der Waals surface area contributed by atoms with E-state index in [2.05, 4.69) is 10.3 Å². The molecule has 0 aliphatic carbocycles. The van der Waals surface area contributed by atoms with Gasteiger partial charge in [0.25, 0.3) is 5.91 Å². The van der Waals surface area contributed by atoms with Crippen LogP contribution in [-0.2, 0) is 9.59 Å². The Morgan fingerprint density at radius 3 is 2.79 bits per heavy atom. The lowest BCUT2D eigenvalue weighted by Crippen LogP contribution is -2.35. The summed E-state index contributed by atoms with van der Waals surface area (Å²) in [6.07, 6.45) is 1.96. The van der Waals surface area contributed by atoms with Crippen LogP contribution in [0.1, 0.15) is 6.42 Å². The molecule has 2 N–H and O–H groups in total. The fourth-order valence-electron chi connectivity index (χ4n) is 2.97. The van der Waals surface area contributed by atoms with E-state index in [1.807, 2.05) is 30.5 Å². The van der Waals surface area contributed by atoms with Gasteiger partial charge in [0, 0.05) is 17.4 Å². The minimum Gasteiger partial charge on any atom is -0.373 e. The lowest BCUT2D eigenvalue weighted by atomic mass is 10.2. The number of halogens is 1. The fraction of sp³-hybridized carbons (Fsp3) is 0.111. The Kier molecular flexibility index (Phi) is 3.50. The van der Waals surface area contributed by atoms with Gasteiger partial charge in [0.15, 0.2) is 0 Å². The SMILES string of the molecule is O=C1C[C@@H](Nc2ccc3cc[nH]c3c2)C(=O)N1c1ccccc1Cl. The van der Waals surface area contributed by atoms with E-state index in [1.165, 1.54) is 0 Å². The molecule has 4 rings (SSSR count). The maximum Gasteiger partial charge on any atom is 0.256 e. The minimum absolute atomic E-state index is 0.104. The molecular formula is C18H14ClN3O2. The number of hydrogen-bond donors (Lipinski definition) is 2. The van der Waals surface area contributed by atoms with Gasteiger partial charge < -0.3 is 10.3 Å². The summed E-state index contributed by atoms with van der Waals surface area (Å²) in [7, 11) is 0. The minimum atomic E-state index is -0.596. The third kappa shape index (κ3) is 2.43. The number of nitrogens with one attached hydrogen (secondary N) is 2. The highest BCUT2D eigenvalue weighted by Crippen LogP contribution is 2.31. The molecule has 0 saturated carbocycles. The number of fused-ring (bicyclic) bond motifs is 1. The van der Waals surface area contributed by atoms with E-state index in [9.17, 15) is 9.59 Å². The summed E-state index contributed by atoms with van der Waals surface area (Å²) >= 11 is 6.13. The molecule has 24 heavy (non-hydrogen) atoms. The van der Waals surface area contributed by atoms with E-state index < -0.39 is 6.04 Å². The Bertz CT molecular complexity index is 950. The zero-order valence-electron chi connectivity index (χ0n) is 12.6. The summed E-state index contributed by atoms with van der Waals surface area (Å²) in [4.78, 5) is 29.3. The molecule has 2 aromatic carbocycles. The van der Waals surface area contributed by atoms with Gasteiger partial charge in [-0.3, -0.25) is 9.59 Å². The number of imide groups is 1. The first kappa shape index (κ1) is 14.8. The van der Waals surface area contributed by atoms with E-state index in [0.29, 0.717) is 10.7 Å². The Morgan fingerprint density at radius 2 is 1.96 bits per heavy atom. The molecule has 1 atom stereocenters. The number of para-hydroxylation sites is 1. The summed E-state index contributed by atoms with van der Waals surface area (Å²) < 4.78 is 0. The summed E-state index contributed by atoms with van der Waals surface area (Å²) in [6.45, 7) is 0. The van der Waals surface area contributed by atoms with Crippen LogP contribution in [0, 0.1) is 0 Å². The molecule has 120 valence electrons. The highest BCUT2D eigenvalue weighted by Gasteiger charge is 2.40. The molecule has 0 spiro atoms. The zero-order chi connectivity index (χ0) is 16.7. The maximum atomic E-state index is 12.7. The van der Waals surface area contributed by atoms with Crippen LogP contribution < -0.4 is 10.2 Å². The lowest BCUT2D eigenvalue weighted by molar-refractivity contribution is -0.121. The topological polar surface area (TPSA) is 65.2 Å². The highest BCUT2D eigenvalue weighted by molar-refractivity contribution is 6.36. The van der Waals surface area contributed by atoms with Crippen molar-refractivity contribution in [1.29, 1.82) is 0 Å². The molecular weight excluding hydrogens is 326 g/mol. The first-order valence-corrected chi connectivity index (χ1v) is 7.96. The largest absolute Gasteiger partial charge is 0.373 e. The number of carbonyl (C=O) groups excluding carboxylic acids is 2. The number of H-pyrrole nitrogens is 1. The van der Waals surface area contributed by atoms with Crippen molar-refractivity contribution in [2.24, 2.45) is 0 Å². The van der Waals surface area contributed by atoms with E-state index in [0.717, 1.165) is 21.5 Å². The van der Waals surface area contributed by atoms with Crippen LogP contribution >= 0.6 is 11.6 Å². The number of carbonyl (C=O) groups is 2. The van der Waals surface area contributed by atoms with Crippen molar-refractivity contribution in [1.82, 2.24) is 4.98 Å². The molecule has 0 bridgehead atoms. The number of benzene rings is 2. The Hall–Kier alpha value is -2.79. The summed E-state index contributed by atoms with van der Waals surface area (Å²) in [5.41, 5.74) is 2.19. The third-order valence-corrected chi connectivity index (χ3v) is 4.46. The van der Waals surface area contributed by atoms with Crippen LogP contribution in [0.2, 0.25) is 5.02 Å². The monoisotopic (exact) mass is 339 g/mol. The molecule has 1 aliphatic rings. The molecule has 1 fully saturated rings. The van der Waals surface area contributed by atoms with Gasteiger partial charge in [-0.25, -0.2) is 4.90 Å². The molecule has 0 unspecified atom stereocenters. The average molecular weight is 340 g/mol. The predicted octanol–water partition coefficient (Wildman–Crippen LogP) is 3.57. The normalized spacial score (nSPS) is 17.7. The Morgan fingerprint density at radius 1 is 1.12 bits per heavy atom. The van der Waals surface area contributed by atoms with E-state index in [4.69, 9.17) is 11.6 Å². The maximum absolute atomic E-state index is 12.7. The second-order valence-electron chi connectivity index (χ2n) is 5.70. The molecule has 1 saturated heterocycles. The van der Waals surface area contributed by atoms with Gasteiger partial charge in [0.05, 0.1) is 17.1 Å².